The minimum absolute atomic E-state index is 0.160. The van der Waals surface area contributed by atoms with E-state index in [9.17, 15) is 30.0 Å². The third kappa shape index (κ3) is 5.01. The molecule has 0 aromatic carbocycles. The summed E-state index contributed by atoms with van der Waals surface area (Å²) in [5.74, 6) is -2.98. The van der Waals surface area contributed by atoms with E-state index in [1.807, 2.05) is 19.9 Å². The molecule has 11 nitrogen and oxygen atoms in total. The van der Waals surface area contributed by atoms with Crippen LogP contribution in [0.2, 0.25) is 0 Å². The van der Waals surface area contributed by atoms with E-state index in [2.05, 4.69) is 11.6 Å². The number of esters is 1. The lowest BCUT2D eigenvalue weighted by Gasteiger charge is -2.52. The number of hydrogen-bond donors (Lipinski definition) is 4. The van der Waals surface area contributed by atoms with Crippen molar-refractivity contribution in [3.8, 4) is 0 Å². The van der Waals surface area contributed by atoms with Gasteiger partial charge >= 0.3 is 11.9 Å². The molecule has 1 saturated heterocycles. The maximum absolute atomic E-state index is 12.8. The van der Waals surface area contributed by atoms with Gasteiger partial charge in [0.05, 0.1) is 32.5 Å². The summed E-state index contributed by atoms with van der Waals surface area (Å²) in [7, 11) is 1.26. The second-order valence-electron chi connectivity index (χ2n) is 12.1. The van der Waals surface area contributed by atoms with Crippen molar-refractivity contribution >= 4 is 24.3 Å². The molecule has 1 saturated carbocycles. The van der Waals surface area contributed by atoms with Crippen LogP contribution >= 0.6 is 0 Å². The summed E-state index contributed by atoms with van der Waals surface area (Å²) in [6.07, 6.45) is 2.63. The Balaban J connectivity index is 1.50. The normalized spacial score (nSPS) is 35.1. The summed E-state index contributed by atoms with van der Waals surface area (Å²) in [6.45, 7) is 7.41. The molecule has 11 heteroatoms. The Bertz CT molecular complexity index is 1350. The van der Waals surface area contributed by atoms with Gasteiger partial charge in [-0.25, -0.2) is 4.79 Å². The zero-order chi connectivity index (χ0) is 30.4. The van der Waals surface area contributed by atoms with Gasteiger partial charge in [0.1, 0.15) is 18.3 Å². The minimum atomic E-state index is -1.61. The number of aromatic nitrogens is 1. The van der Waals surface area contributed by atoms with Gasteiger partial charge in [0.2, 0.25) is 0 Å². The third-order valence-electron chi connectivity index (χ3n) is 9.35. The fourth-order valence-corrected chi connectivity index (χ4v) is 7.17. The van der Waals surface area contributed by atoms with Crippen LogP contribution in [0.5, 0.6) is 0 Å². The molecule has 3 heterocycles. The maximum Gasteiger partial charge on any atom is 0.333 e. The van der Waals surface area contributed by atoms with Gasteiger partial charge < -0.3 is 44.4 Å². The summed E-state index contributed by atoms with van der Waals surface area (Å²) in [5, 5.41) is 44.3. The number of hydrogen-bond acceptors (Lipinski definition) is 9. The molecule has 2 spiro atoms. The first-order chi connectivity index (χ1) is 20.0. The van der Waals surface area contributed by atoms with Crippen LogP contribution in [0.25, 0.3) is 12.3 Å². The van der Waals surface area contributed by atoms with Crippen molar-refractivity contribution < 1.29 is 49.0 Å². The Kier molecular flexibility index (Phi) is 8.43. The molecule has 2 fully saturated rings. The van der Waals surface area contributed by atoms with E-state index in [0.29, 0.717) is 23.4 Å². The number of methoxy groups -OCH3 is 1. The van der Waals surface area contributed by atoms with Crippen LogP contribution < -0.4 is 15.6 Å². The number of carboxylic acid groups (broad SMARTS) is 1. The highest BCUT2D eigenvalue weighted by atomic mass is 16.7. The zero-order valence-electron chi connectivity index (χ0n) is 24.1. The molecular formula is C31H40NO10-. The van der Waals surface area contributed by atoms with Crippen LogP contribution in [0.3, 0.4) is 0 Å². The second kappa shape index (κ2) is 11.6. The Hall–Kier alpha value is -2.96. The van der Waals surface area contributed by atoms with E-state index < -0.39 is 72.1 Å². The van der Waals surface area contributed by atoms with Gasteiger partial charge in [-0.05, 0) is 30.1 Å². The van der Waals surface area contributed by atoms with Gasteiger partial charge in [0.25, 0.3) is 0 Å². The number of carbonyl (C=O) groups is 2. The van der Waals surface area contributed by atoms with Crippen molar-refractivity contribution in [2.45, 2.75) is 88.2 Å². The van der Waals surface area contributed by atoms with Crippen LogP contribution in [-0.2, 0) is 28.5 Å². The highest BCUT2D eigenvalue weighted by Gasteiger charge is 2.59. The number of carbonyl (C=O) groups excluding carboxylic acids is 1. The van der Waals surface area contributed by atoms with E-state index in [0.717, 1.165) is 18.5 Å². The quantitative estimate of drug-likeness (QED) is 0.247. The molecule has 230 valence electrons. The van der Waals surface area contributed by atoms with E-state index in [1.54, 1.807) is 18.2 Å². The number of nitrogens with zero attached hydrogens (tertiary/aromatic N) is 1. The van der Waals surface area contributed by atoms with Gasteiger partial charge in [0.15, 0.2) is 11.9 Å². The fourth-order valence-electron chi connectivity index (χ4n) is 7.17. The smallest absolute Gasteiger partial charge is 0.333 e. The van der Waals surface area contributed by atoms with Gasteiger partial charge in [-0.2, -0.15) is 5.69 Å². The zero-order valence-corrected chi connectivity index (χ0v) is 24.1. The van der Waals surface area contributed by atoms with Crippen LogP contribution in [-0.4, -0.2) is 82.4 Å². The number of ether oxygens (including phenoxy) is 4. The number of aliphatic hydroxyl groups is 3. The summed E-state index contributed by atoms with van der Waals surface area (Å²) in [4.78, 5) is 29.2. The van der Waals surface area contributed by atoms with Crippen molar-refractivity contribution in [1.29, 1.82) is 0 Å². The van der Waals surface area contributed by atoms with Crippen molar-refractivity contribution in [1.82, 2.24) is 4.98 Å². The topological polar surface area (TPSA) is 166 Å². The van der Waals surface area contributed by atoms with Crippen molar-refractivity contribution in [2.24, 2.45) is 17.3 Å². The largest absolute Gasteiger partial charge is 0.658 e. The van der Waals surface area contributed by atoms with Crippen molar-refractivity contribution in [3.63, 3.8) is 0 Å². The molecular weight excluding hydrogens is 546 g/mol. The van der Waals surface area contributed by atoms with Crippen molar-refractivity contribution in [3.05, 3.63) is 46.6 Å². The number of rotatable bonds is 8. The first-order valence-corrected chi connectivity index (χ1v) is 14.5. The lowest BCUT2D eigenvalue weighted by atomic mass is 9.62. The predicted octanol–water partition coefficient (Wildman–Crippen LogP) is 0.445. The molecule has 4 N–H and O–H groups in total. The molecule has 2 aliphatic carbocycles. The second-order valence-corrected chi connectivity index (χ2v) is 12.1. The average molecular weight is 587 g/mol. The lowest BCUT2D eigenvalue weighted by Crippen LogP contribution is -2.69. The van der Waals surface area contributed by atoms with Gasteiger partial charge in [-0.15, -0.1) is 6.58 Å². The average Bonchev–Trinajstić information content (AvgIpc) is 3.61. The molecule has 42 heavy (non-hydrogen) atoms. The van der Waals surface area contributed by atoms with Gasteiger partial charge in [0, 0.05) is 22.8 Å². The molecule has 0 radical (unpaired) electrons. The van der Waals surface area contributed by atoms with E-state index in [1.165, 1.54) is 13.4 Å². The molecule has 1 aromatic heterocycles. The standard InChI is InChI=1S/C31H40NO10/c1-5-18-19(11-24(34)35)20(28(38)39-4)13-30(8-6-7-9-30)27(18)42-29-25(36)26(37)31(23(14-33)41-29)12-17-10-21(16(2)3)32-22(17)15-40-31/h5,10,12-13,15-16,18-19,23,25-27,29,33,36-37H,1,6-9,11,14H2,2-4H3,(H,34,35)/q-1/t18-,19+,23-,25-,26-,27+,29+,31-/m1/s1. The number of carboxylic acids is 1. The Labute approximate surface area is 244 Å². The summed E-state index contributed by atoms with van der Waals surface area (Å²) in [5.41, 5.74) is -1.18. The molecule has 4 aliphatic rings. The van der Waals surface area contributed by atoms with Crippen LogP contribution in [0.15, 0.2) is 30.4 Å². The highest BCUT2D eigenvalue weighted by molar-refractivity contribution is 5.90. The minimum Gasteiger partial charge on any atom is -0.658 e. The summed E-state index contributed by atoms with van der Waals surface area (Å²) in [6, 6.07) is 1.88. The maximum atomic E-state index is 12.8. The Morgan fingerprint density at radius 3 is 2.55 bits per heavy atom. The molecule has 5 rings (SSSR count). The fraction of sp³-hybridized carbons (Fsp3) is 0.613. The molecule has 0 bridgehead atoms. The Morgan fingerprint density at radius 1 is 1.24 bits per heavy atom. The molecule has 2 aliphatic heterocycles. The first kappa shape index (κ1) is 30.5. The van der Waals surface area contributed by atoms with Crippen molar-refractivity contribution in [2.75, 3.05) is 13.7 Å². The first-order valence-electron chi connectivity index (χ1n) is 14.5. The number of aliphatic hydroxyl groups excluding tert-OH is 3. The summed E-state index contributed by atoms with van der Waals surface area (Å²) >= 11 is 0. The number of aliphatic carboxylic acids is 1. The highest BCUT2D eigenvalue weighted by Crippen LogP contribution is 2.54. The van der Waals surface area contributed by atoms with E-state index in [-0.39, 0.29) is 17.9 Å². The predicted molar refractivity (Wildman–Crippen MR) is 149 cm³/mol. The molecule has 0 amide bonds. The van der Waals surface area contributed by atoms with E-state index in [4.69, 9.17) is 18.9 Å². The molecule has 8 atom stereocenters. The molecule has 1 aromatic rings. The van der Waals surface area contributed by atoms with Gasteiger partial charge in [-0.1, -0.05) is 50.3 Å². The van der Waals surface area contributed by atoms with Crippen LogP contribution in [0, 0.1) is 17.3 Å². The summed E-state index contributed by atoms with van der Waals surface area (Å²) < 4.78 is 23.6. The van der Waals surface area contributed by atoms with Crippen LogP contribution in [0.1, 0.15) is 57.6 Å². The van der Waals surface area contributed by atoms with Crippen LogP contribution in [0.4, 0.5) is 0 Å². The lowest BCUT2D eigenvalue weighted by molar-refractivity contribution is -0.333. The SMILES string of the molecule is C=C[C@@H]1[C@H](CC(=O)O)C(C(=O)OC)=CC2(CCCC2)[C@H]1O[C@@H]1O[C@H](CO)[C@]2(C=c3cc(C(C)C)[n-]c3=CO2)[C@H](O)[C@H]1O. The van der Waals surface area contributed by atoms with E-state index >= 15 is 0 Å². The number of fused-ring (bicyclic) bond motifs is 1. The molecule has 0 unspecified atom stereocenters. The monoisotopic (exact) mass is 586 g/mol. The Morgan fingerprint density at radius 2 is 1.95 bits per heavy atom. The van der Waals surface area contributed by atoms with Gasteiger partial charge in [-0.3, -0.25) is 4.79 Å². The third-order valence-corrected chi connectivity index (χ3v) is 9.35.